The first-order chi connectivity index (χ1) is 9.65. The van der Waals surface area contributed by atoms with Crippen molar-refractivity contribution in [2.45, 2.75) is 46.5 Å². The van der Waals surface area contributed by atoms with Gasteiger partial charge in [-0.05, 0) is 61.6 Å². The van der Waals surface area contributed by atoms with Crippen molar-refractivity contribution < 1.29 is 0 Å². The van der Waals surface area contributed by atoms with Gasteiger partial charge in [-0.3, -0.25) is 0 Å². The van der Waals surface area contributed by atoms with Gasteiger partial charge in [-0.25, -0.2) is 0 Å². The monoisotopic (exact) mass is 273 g/mol. The fourth-order valence-electron chi connectivity index (χ4n) is 3.55. The topological polar surface area (TPSA) is 12.0 Å². The highest BCUT2D eigenvalue weighted by atomic mass is 14.9. The van der Waals surface area contributed by atoms with Crippen LogP contribution in [0.3, 0.4) is 0 Å². The lowest BCUT2D eigenvalue weighted by atomic mass is 9.72. The van der Waals surface area contributed by atoms with E-state index >= 15 is 0 Å². The van der Waals surface area contributed by atoms with E-state index < -0.39 is 0 Å². The molecule has 0 amide bonds. The van der Waals surface area contributed by atoms with Gasteiger partial charge in [-0.2, -0.15) is 0 Å². The minimum absolute atomic E-state index is 0.755. The third-order valence-corrected chi connectivity index (χ3v) is 4.70. The maximum atomic E-state index is 3.69. The van der Waals surface area contributed by atoms with Gasteiger partial charge in [0.25, 0.3) is 0 Å². The van der Waals surface area contributed by atoms with E-state index in [-0.39, 0.29) is 0 Å². The van der Waals surface area contributed by atoms with Crippen LogP contribution in [-0.2, 0) is 6.42 Å². The zero-order chi connectivity index (χ0) is 14.4. The zero-order valence-electron chi connectivity index (χ0n) is 13.4. The molecule has 0 bridgehead atoms. The van der Waals surface area contributed by atoms with Crippen molar-refractivity contribution in [1.82, 2.24) is 5.32 Å². The molecule has 1 fully saturated rings. The van der Waals surface area contributed by atoms with Crippen LogP contribution in [0.4, 0.5) is 0 Å². The van der Waals surface area contributed by atoms with Gasteiger partial charge in [0.05, 0.1) is 0 Å². The van der Waals surface area contributed by atoms with Crippen molar-refractivity contribution in [3.05, 3.63) is 35.9 Å². The maximum absolute atomic E-state index is 3.69. The van der Waals surface area contributed by atoms with E-state index in [1.807, 2.05) is 0 Å². The second-order valence-corrected chi connectivity index (χ2v) is 7.18. The molecule has 0 saturated heterocycles. The first-order valence-corrected chi connectivity index (χ1v) is 8.39. The van der Waals surface area contributed by atoms with E-state index in [4.69, 9.17) is 0 Å². The molecule has 0 aromatic heterocycles. The maximum Gasteiger partial charge on any atom is -0.00176 e. The molecule has 2 rings (SSSR count). The zero-order valence-corrected chi connectivity index (χ0v) is 13.4. The molecule has 1 aliphatic rings. The van der Waals surface area contributed by atoms with Crippen molar-refractivity contribution in [2.75, 3.05) is 13.1 Å². The lowest BCUT2D eigenvalue weighted by molar-refractivity contribution is 0.182. The Labute approximate surface area is 125 Å². The standard InChI is InChI=1S/C19H31N/c1-15(2)13-20-14-18-10-9-16(3)11-19(18)12-17-7-5-4-6-8-17/h4-8,15-16,18-20H,9-14H2,1-3H3. The van der Waals surface area contributed by atoms with Crippen molar-refractivity contribution in [3.8, 4) is 0 Å². The Morgan fingerprint density at radius 1 is 1.10 bits per heavy atom. The first-order valence-electron chi connectivity index (χ1n) is 8.39. The van der Waals surface area contributed by atoms with Crippen LogP contribution >= 0.6 is 0 Å². The van der Waals surface area contributed by atoms with Crippen LogP contribution in [0.5, 0.6) is 0 Å². The smallest absolute Gasteiger partial charge is 0.00176 e. The van der Waals surface area contributed by atoms with Gasteiger partial charge in [0.1, 0.15) is 0 Å². The summed E-state index contributed by atoms with van der Waals surface area (Å²) in [5, 5.41) is 3.69. The van der Waals surface area contributed by atoms with Crippen molar-refractivity contribution in [3.63, 3.8) is 0 Å². The van der Waals surface area contributed by atoms with Crippen LogP contribution in [0.25, 0.3) is 0 Å². The Bertz CT molecular complexity index is 371. The van der Waals surface area contributed by atoms with Gasteiger partial charge in [-0.15, -0.1) is 0 Å². The molecule has 0 heterocycles. The summed E-state index contributed by atoms with van der Waals surface area (Å²) < 4.78 is 0. The Kier molecular flexibility index (Phi) is 6.09. The second kappa shape index (κ2) is 7.83. The summed E-state index contributed by atoms with van der Waals surface area (Å²) in [6.45, 7) is 9.37. The molecule has 112 valence electrons. The number of nitrogens with one attached hydrogen (secondary N) is 1. The fraction of sp³-hybridized carbons (Fsp3) is 0.684. The van der Waals surface area contributed by atoms with Gasteiger partial charge in [0.2, 0.25) is 0 Å². The third-order valence-electron chi connectivity index (χ3n) is 4.70. The summed E-state index contributed by atoms with van der Waals surface area (Å²) in [6, 6.07) is 11.0. The van der Waals surface area contributed by atoms with E-state index in [9.17, 15) is 0 Å². The summed E-state index contributed by atoms with van der Waals surface area (Å²) in [5.41, 5.74) is 1.51. The summed E-state index contributed by atoms with van der Waals surface area (Å²) in [4.78, 5) is 0. The average molecular weight is 273 g/mol. The highest BCUT2D eigenvalue weighted by molar-refractivity contribution is 5.15. The molecule has 3 atom stereocenters. The largest absolute Gasteiger partial charge is 0.316 e. The van der Waals surface area contributed by atoms with Crippen molar-refractivity contribution in [1.29, 1.82) is 0 Å². The Morgan fingerprint density at radius 2 is 1.85 bits per heavy atom. The minimum Gasteiger partial charge on any atom is -0.316 e. The second-order valence-electron chi connectivity index (χ2n) is 7.18. The van der Waals surface area contributed by atoms with Crippen LogP contribution in [0.2, 0.25) is 0 Å². The van der Waals surface area contributed by atoms with E-state index in [2.05, 4.69) is 56.4 Å². The fourth-order valence-corrected chi connectivity index (χ4v) is 3.55. The van der Waals surface area contributed by atoms with Crippen LogP contribution in [-0.4, -0.2) is 13.1 Å². The van der Waals surface area contributed by atoms with Crippen molar-refractivity contribution >= 4 is 0 Å². The molecule has 1 saturated carbocycles. The molecule has 0 aliphatic heterocycles. The summed E-state index contributed by atoms with van der Waals surface area (Å²) in [5.74, 6) is 3.39. The van der Waals surface area contributed by atoms with E-state index in [1.54, 1.807) is 0 Å². The number of hydrogen-bond acceptors (Lipinski definition) is 1. The van der Waals surface area contributed by atoms with Gasteiger partial charge in [-0.1, -0.05) is 57.5 Å². The van der Waals surface area contributed by atoms with E-state index in [0.717, 1.165) is 30.2 Å². The molecule has 0 radical (unpaired) electrons. The third kappa shape index (κ3) is 4.94. The molecular formula is C19H31N. The van der Waals surface area contributed by atoms with Gasteiger partial charge < -0.3 is 5.32 Å². The number of rotatable bonds is 6. The van der Waals surface area contributed by atoms with Gasteiger partial charge in [0.15, 0.2) is 0 Å². The molecule has 1 N–H and O–H groups in total. The molecule has 3 unspecified atom stereocenters. The molecule has 0 spiro atoms. The normalized spacial score (nSPS) is 26.9. The number of hydrogen-bond donors (Lipinski definition) is 1. The summed E-state index contributed by atoms with van der Waals surface area (Å²) >= 11 is 0. The Hall–Kier alpha value is -0.820. The van der Waals surface area contributed by atoms with Crippen LogP contribution < -0.4 is 5.32 Å². The van der Waals surface area contributed by atoms with Gasteiger partial charge >= 0.3 is 0 Å². The lowest BCUT2D eigenvalue weighted by Gasteiger charge is -2.35. The quantitative estimate of drug-likeness (QED) is 0.803. The predicted molar refractivity (Wildman–Crippen MR) is 87.8 cm³/mol. The highest BCUT2D eigenvalue weighted by Crippen LogP contribution is 2.35. The molecule has 20 heavy (non-hydrogen) atoms. The predicted octanol–water partition coefficient (Wildman–Crippen LogP) is 4.53. The van der Waals surface area contributed by atoms with Crippen LogP contribution in [0, 0.1) is 23.7 Å². The SMILES string of the molecule is CC(C)CNCC1CCC(C)CC1Cc1ccccc1. The van der Waals surface area contributed by atoms with E-state index in [1.165, 1.54) is 37.8 Å². The minimum atomic E-state index is 0.755. The molecule has 1 nitrogen and oxygen atoms in total. The summed E-state index contributed by atoms with van der Waals surface area (Å²) in [7, 11) is 0. The first kappa shape index (κ1) is 15.6. The molecule has 1 heteroatoms. The van der Waals surface area contributed by atoms with Crippen LogP contribution in [0.1, 0.15) is 45.6 Å². The molecule has 1 aromatic rings. The number of benzene rings is 1. The van der Waals surface area contributed by atoms with Gasteiger partial charge in [0, 0.05) is 0 Å². The summed E-state index contributed by atoms with van der Waals surface area (Å²) in [6.07, 6.45) is 5.49. The van der Waals surface area contributed by atoms with E-state index in [0.29, 0.717) is 0 Å². The molecular weight excluding hydrogens is 242 g/mol. The Morgan fingerprint density at radius 3 is 2.55 bits per heavy atom. The van der Waals surface area contributed by atoms with Crippen molar-refractivity contribution in [2.24, 2.45) is 23.7 Å². The van der Waals surface area contributed by atoms with Crippen LogP contribution in [0.15, 0.2) is 30.3 Å². The average Bonchev–Trinajstić information content (AvgIpc) is 2.42. The highest BCUT2D eigenvalue weighted by Gasteiger charge is 2.28. The molecule has 1 aromatic carbocycles. The lowest BCUT2D eigenvalue weighted by Crippen LogP contribution is -2.35. The molecule has 1 aliphatic carbocycles. The Balaban J connectivity index is 1.90.